The molecular weight excluding hydrogens is 256 g/mol. The molecule has 1 aliphatic rings. The Bertz CT molecular complexity index is 450. The van der Waals surface area contributed by atoms with Gasteiger partial charge in [0.2, 0.25) is 0 Å². The van der Waals surface area contributed by atoms with Crippen molar-refractivity contribution in [1.82, 2.24) is 0 Å². The van der Waals surface area contributed by atoms with Crippen LogP contribution in [0.3, 0.4) is 0 Å². The average molecular weight is 278 g/mol. The van der Waals surface area contributed by atoms with Gasteiger partial charge in [-0.05, 0) is 32.8 Å². The summed E-state index contributed by atoms with van der Waals surface area (Å²) in [6, 6.07) is 5.66. The number of hydrogen-bond acceptors (Lipinski definition) is 4. The number of benzene rings is 1. The molecule has 20 heavy (non-hydrogen) atoms. The van der Waals surface area contributed by atoms with Crippen LogP contribution in [-0.4, -0.2) is 31.9 Å². The smallest absolute Gasteiger partial charge is 0.191 e. The summed E-state index contributed by atoms with van der Waals surface area (Å²) in [7, 11) is 0. The van der Waals surface area contributed by atoms with E-state index in [1.165, 1.54) is 0 Å². The zero-order valence-corrected chi connectivity index (χ0v) is 12.2. The topological polar surface area (TPSA) is 44.8 Å². The van der Waals surface area contributed by atoms with Crippen molar-refractivity contribution in [2.24, 2.45) is 0 Å². The zero-order valence-electron chi connectivity index (χ0n) is 12.2. The highest BCUT2D eigenvalue weighted by atomic mass is 16.7. The van der Waals surface area contributed by atoms with Crippen LogP contribution in [0.15, 0.2) is 18.2 Å². The Morgan fingerprint density at radius 3 is 2.60 bits per heavy atom. The summed E-state index contributed by atoms with van der Waals surface area (Å²) in [6.45, 7) is 5.36. The van der Waals surface area contributed by atoms with Crippen molar-refractivity contribution in [3.05, 3.63) is 29.3 Å². The number of Topliss-reactive ketones (excluding diaryl/α,β-unsaturated/α-hetero) is 1. The second-order valence-corrected chi connectivity index (χ2v) is 4.71. The third-order valence-electron chi connectivity index (χ3n) is 3.34. The van der Waals surface area contributed by atoms with Gasteiger partial charge >= 0.3 is 0 Å². The van der Waals surface area contributed by atoms with E-state index in [0.29, 0.717) is 26.2 Å². The van der Waals surface area contributed by atoms with E-state index < -0.39 is 0 Å². The predicted octanol–water partition coefficient (Wildman–Crippen LogP) is 2.98. The van der Waals surface area contributed by atoms with Gasteiger partial charge in [-0.15, -0.1) is 0 Å². The molecule has 0 spiro atoms. The van der Waals surface area contributed by atoms with Gasteiger partial charge in [0.1, 0.15) is 12.4 Å². The highest BCUT2D eigenvalue weighted by Gasteiger charge is 2.20. The maximum absolute atomic E-state index is 11.9. The van der Waals surface area contributed by atoms with E-state index in [9.17, 15) is 4.79 Å². The van der Waals surface area contributed by atoms with E-state index in [0.717, 1.165) is 29.7 Å². The lowest BCUT2D eigenvalue weighted by atomic mass is 9.90. The lowest BCUT2D eigenvalue weighted by Crippen LogP contribution is -2.25. The fourth-order valence-electron chi connectivity index (χ4n) is 2.45. The molecule has 0 atom stereocenters. The van der Waals surface area contributed by atoms with Gasteiger partial charge in [-0.3, -0.25) is 4.79 Å². The van der Waals surface area contributed by atoms with Crippen LogP contribution in [0.4, 0.5) is 0 Å². The van der Waals surface area contributed by atoms with Crippen molar-refractivity contribution < 1.29 is 19.0 Å². The van der Waals surface area contributed by atoms with Crippen LogP contribution < -0.4 is 4.74 Å². The maximum atomic E-state index is 11.9. The molecule has 110 valence electrons. The molecule has 4 heteroatoms. The van der Waals surface area contributed by atoms with E-state index in [1.54, 1.807) is 0 Å². The van der Waals surface area contributed by atoms with Crippen molar-refractivity contribution in [2.45, 2.75) is 39.4 Å². The molecule has 0 fully saturated rings. The first kappa shape index (κ1) is 15.0. The van der Waals surface area contributed by atoms with Gasteiger partial charge in [-0.2, -0.15) is 0 Å². The van der Waals surface area contributed by atoms with Gasteiger partial charge < -0.3 is 14.2 Å². The first-order chi connectivity index (χ1) is 9.76. The van der Waals surface area contributed by atoms with Gasteiger partial charge in [0.15, 0.2) is 12.1 Å². The molecule has 2 rings (SSSR count). The van der Waals surface area contributed by atoms with Crippen molar-refractivity contribution >= 4 is 5.78 Å². The molecule has 1 aromatic carbocycles. The van der Waals surface area contributed by atoms with Crippen LogP contribution >= 0.6 is 0 Å². The average Bonchev–Trinajstić information content (AvgIpc) is 2.46. The molecule has 0 N–H and O–H groups in total. The van der Waals surface area contributed by atoms with Crippen molar-refractivity contribution in [3.8, 4) is 5.75 Å². The standard InChI is InChI=1S/C16H22O4/c1-3-18-16(19-4-2)11-20-15-10-6-7-12-13(15)8-5-9-14(12)17/h6-7,10,16H,3-5,8-9,11H2,1-2H3. The van der Waals surface area contributed by atoms with Gasteiger partial charge in [-0.1, -0.05) is 12.1 Å². The molecule has 4 nitrogen and oxygen atoms in total. The summed E-state index contributed by atoms with van der Waals surface area (Å²) in [6.07, 6.45) is 2.06. The second kappa shape index (κ2) is 7.41. The van der Waals surface area contributed by atoms with Gasteiger partial charge in [0, 0.05) is 30.8 Å². The second-order valence-electron chi connectivity index (χ2n) is 4.71. The summed E-state index contributed by atoms with van der Waals surface area (Å²) in [5.41, 5.74) is 1.83. The molecule has 0 aromatic heterocycles. The summed E-state index contributed by atoms with van der Waals surface area (Å²) < 4.78 is 16.7. The number of ether oxygens (including phenoxy) is 3. The van der Waals surface area contributed by atoms with Gasteiger partial charge in [-0.25, -0.2) is 0 Å². The molecular formula is C16H22O4. The highest BCUT2D eigenvalue weighted by molar-refractivity contribution is 5.99. The molecule has 0 bridgehead atoms. The molecule has 0 heterocycles. The molecule has 0 aliphatic heterocycles. The van der Waals surface area contributed by atoms with Crippen molar-refractivity contribution in [3.63, 3.8) is 0 Å². The van der Waals surface area contributed by atoms with E-state index in [-0.39, 0.29) is 12.1 Å². The summed E-state index contributed by atoms with van der Waals surface area (Å²) in [4.78, 5) is 11.9. The fraction of sp³-hybridized carbons (Fsp3) is 0.562. The third-order valence-corrected chi connectivity index (χ3v) is 3.34. The van der Waals surface area contributed by atoms with E-state index in [1.807, 2.05) is 32.0 Å². The summed E-state index contributed by atoms with van der Waals surface area (Å²) >= 11 is 0. The number of ketones is 1. The number of carbonyl (C=O) groups excluding carboxylic acids is 1. The Balaban J connectivity index is 2.06. The minimum absolute atomic E-state index is 0.211. The molecule has 0 radical (unpaired) electrons. The maximum Gasteiger partial charge on any atom is 0.191 e. The zero-order chi connectivity index (χ0) is 14.4. The molecule has 1 aromatic rings. The molecule has 0 amide bonds. The predicted molar refractivity (Wildman–Crippen MR) is 76.2 cm³/mol. The number of rotatable bonds is 7. The Labute approximate surface area is 120 Å². The van der Waals surface area contributed by atoms with Crippen molar-refractivity contribution in [2.75, 3.05) is 19.8 Å². The number of fused-ring (bicyclic) bond motifs is 1. The van der Waals surface area contributed by atoms with Crippen LogP contribution in [-0.2, 0) is 15.9 Å². The Hall–Kier alpha value is -1.39. The van der Waals surface area contributed by atoms with E-state index in [2.05, 4.69) is 0 Å². The first-order valence-corrected chi connectivity index (χ1v) is 7.27. The summed E-state index contributed by atoms with van der Waals surface area (Å²) in [5.74, 6) is 0.989. The van der Waals surface area contributed by atoms with E-state index in [4.69, 9.17) is 14.2 Å². The third kappa shape index (κ3) is 3.58. The lowest BCUT2D eigenvalue weighted by Gasteiger charge is -2.21. The van der Waals surface area contributed by atoms with Crippen LogP contribution in [0, 0.1) is 0 Å². The quantitative estimate of drug-likeness (QED) is 0.719. The monoisotopic (exact) mass is 278 g/mol. The highest BCUT2D eigenvalue weighted by Crippen LogP contribution is 2.29. The van der Waals surface area contributed by atoms with Crippen LogP contribution in [0.1, 0.15) is 42.6 Å². The van der Waals surface area contributed by atoms with Crippen LogP contribution in [0.25, 0.3) is 0 Å². The minimum Gasteiger partial charge on any atom is -0.488 e. The lowest BCUT2D eigenvalue weighted by molar-refractivity contribution is -0.152. The Morgan fingerprint density at radius 2 is 1.90 bits per heavy atom. The fourth-order valence-corrected chi connectivity index (χ4v) is 2.45. The van der Waals surface area contributed by atoms with Gasteiger partial charge in [0.05, 0.1) is 0 Å². The SMILES string of the molecule is CCOC(COc1cccc2c1CCCC2=O)OCC. The normalized spacial score (nSPS) is 14.4. The molecule has 0 unspecified atom stereocenters. The molecule has 0 saturated heterocycles. The first-order valence-electron chi connectivity index (χ1n) is 7.27. The van der Waals surface area contributed by atoms with Crippen molar-refractivity contribution in [1.29, 1.82) is 0 Å². The van der Waals surface area contributed by atoms with Crippen LogP contribution in [0.5, 0.6) is 5.75 Å². The number of hydrogen-bond donors (Lipinski definition) is 0. The largest absolute Gasteiger partial charge is 0.488 e. The number of carbonyl (C=O) groups is 1. The Kier molecular flexibility index (Phi) is 5.56. The van der Waals surface area contributed by atoms with Crippen LogP contribution in [0.2, 0.25) is 0 Å². The Morgan fingerprint density at radius 1 is 1.15 bits per heavy atom. The molecule has 1 aliphatic carbocycles. The minimum atomic E-state index is -0.361. The van der Waals surface area contributed by atoms with Gasteiger partial charge in [0.25, 0.3) is 0 Å². The molecule has 0 saturated carbocycles. The van der Waals surface area contributed by atoms with E-state index >= 15 is 0 Å². The summed E-state index contributed by atoms with van der Waals surface area (Å²) in [5, 5.41) is 0.